The summed E-state index contributed by atoms with van der Waals surface area (Å²) in [4.78, 5) is 12.7. The number of quaternary nitrogens is 1. The number of amidine groups is 1. The number of hydrogen-bond donors (Lipinski definition) is 1. The summed E-state index contributed by atoms with van der Waals surface area (Å²) in [7, 11) is 2.82. The van der Waals surface area contributed by atoms with Crippen molar-refractivity contribution in [2.45, 2.75) is 13.3 Å². The minimum Gasteiger partial charge on any atom is -0.479 e. The fourth-order valence-corrected chi connectivity index (χ4v) is 3.24. The lowest BCUT2D eigenvalue weighted by atomic mass is 10.2. The largest absolute Gasteiger partial charge is 0.573 e. The van der Waals surface area contributed by atoms with Gasteiger partial charge in [0.25, 0.3) is 0 Å². The van der Waals surface area contributed by atoms with Crippen LogP contribution in [-0.4, -0.2) is 46.9 Å². The molecule has 1 atom stereocenters. The molecule has 0 radical (unpaired) electrons. The Bertz CT molecular complexity index is 1290. The standard InChI is InChI=1S/C20H18F4N7O2/c1-11-9-30(10-26-11)15-7-6-14(27-18(15)32-3)17-28-19(25)31(2,29-17)16-8-12(4-5-13(16)21)33-20(22,23)24/h4-10H,1-3H3,(H2,25,28,29)/q+1. The molecule has 2 aromatic heterocycles. The Labute approximate surface area is 185 Å². The smallest absolute Gasteiger partial charge is 0.479 e. The van der Waals surface area contributed by atoms with E-state index in [0.29, 0.717) is 5.69 Å². The number of aryl methyl sites for hydroxylation is 1. The van der Waals surface area contributed by atoms with Crippen LogP contribution in [0.4, 0.5) is 23.2 Å². The van der Waals surface area contributed by atoms with Gasteiger partial charge >= 0.3 is 12.3 Å². The molecule has 13 heteroatoms. The highest BCUT2D eigenvalue weighted by atomic mass is 19.4. The summed E-state index contributed by atoms with van der Waals surface area (Å²) in [6, 6.07) is 5.88. The molecule has 0 fully saturated rings. The number of halogens is 4. The number of imidazole rings is 1. The molecule has 172 valence electrons. The van der Waals surface area contributed by atoms with Crippen LogP contribution in [0, 0.1) is 12.7 Å². The maximum atomic E-state index is 14.6. The zero-order valence-electron chi connectivity index (χ0n) is 17.6. The van der Waals surface area contributed by atoms with Crippen LogP contribution in [0.2, 0.25) is 0 Å². The Kier molecular flexibility index (Phi) is 5.28. The highest BCUT2D eigenvalue weighted by Gasteiger charge is 2.42. The predicted molar refractivity (Wildman–Crippen MR) is 112 cm³/mol. The molecule has 1 unspecified atom stereocenters. The van der Waals surface area contributed by atoms with E-state index in [0.717, 1.165) is 23.9 Å². The van der Waals surface area contributed by atoms with Crippen molar-refractivity contribution in [3.63, 3.8) is 0 Å². The van der Waals surface area contributed by atoms with E-state index in [4.69, 9.17) is 10.5 Å². The lowest BCUT2D eigenvalue weighted by molar-refractivity contribution is -0.274. The minimum absolute atomic E-state index is 0.0446. The van der Waals surface area contributed by atoms with E-state index in [1.54, 1.807) is 29.2 Å². The first-order valence-electron chi connectivity index (χ1n) is 9.44. The second-order valence-electron chi connectivity index (χ2n) is 7.16. The average Bonchev–Trinajstić information content (AvgIpc) is 3.31. The molecule has 0 amide bonds. The van der Waals surface area contributed by atoms with Crippen LogP contribution in [0.3, 0.4) is 0 Å². The van der Waals surface area contributed by atoms with E-state index in [9.17, 15) is 17.6 Å². The lowest BCUT2D eigenvalue weighted by Gasteiger charge is -2.22. The molecule has 0 saturated heterocycles. The Hall–Kier alpha value is -4.00. The summed E-state index contributed by atoms with van der Waals surface area (Å²) in [5.41, 5.74) is 7.40. The van der Waals surface area contributed by atoms with Crippen molar-refractivity contribution in [2.24, 2.45) is 15.8 Å². The number of rotatable bonds is 5. The molecule has 0 aliphatic carbocycles. The van der Waals surface area contributed by atoms with Crippen LogP contribution in [0.25, 0.3) is 5.69 Å². The molecule has 3 aromatic rings. The molecule has 1 aromatic carbocycles. The molecule has 4 rings (SSSR count). The van der Waals surface area contributed by atoms with Crippen LogP contribution in [0.15, 0.2) is 52.9 Å². The lowest BCUT2D eigenvalue weighted by Crippen LogP contribution is -2.48. The fourth-order valence-electron chi connectivity index (χ4n) is 3.24. The number of pyridine rings is 1. The number of nitrogens with zero attached hydrogens (tertiary/aromatic N) is 6. The van der Waals surface area contributed by atoms with E-state index in [1.165, 1.54) is 14.2 Å². The number of nitrogens with two attached hydrogens (primary N) is 1. The van der Waals surface area contributed by atoms with Gasteiger partial charge in [-0.15, -0.1) is 22.8 Å². The van der Waals surface area contributed by atoms with Crippen molar-refractivity contribution in [3.8, 4) is 17.3 Å². The van der Waals surface area contributed by atoms with Gasteiger partial charge in [-0.05, 0) is 36.3 Å². The van der Waals surface area contributed by atoms with Crippen molar-refractivity contribution in [1.29, 1.82) is 0 Å². The van der Waals surface area contributed by atoms with Gasteiger partial charge in [0.15, 0.2) is 5.82 Å². The minimum atomic E-state index is -4.94. The number of aliphatic imine (C=N–C) groups is 1. The monoisotopic (exact) mass is 464 g/mol. The van der Waals surface area contributed by atoms with Gasteiger partial charge in [-0.3, -0.25) is 0 Å². The van der Waals surface area contributed by atoms with Crippen LogP contribution in [-0.2, 0) is 0 Å². The van der Waals surface area contributed by atoms with Crippen LogP contribution >= 0.6 is 0 Å². The van der Waals surface area contributed by atoms with Crippen LogP contribution < -0.4 is 19.8 Å². The molecule has 2 N–H and O–H groups in total. The molecule has 9 nitrogen and oxygen atoms in total. The first-order valence-corrected chi connectivity index (χ1v) is 9.44. The molecule has 0 saturated carbocycles. The quantitative estimate of drug-likeness (QED) is 0.462. The van der Waals surface area contributed by atoms with Crippen LogP contribution in [0.5, 0.6) is 11.6 Å². The first-order chi connectivity index (χ1) is 15.5. The van der Waals surface area contributed by atoms with Gasteiger partial charge in [0.05, 0.1) is 19.1 Å². The van der Waals surface area contributed by atoms with Crippen molar-refractivity contribution in [2.75, 3.05) is 14.2 Å². The van der Waals surface area contributed by atoms with Crippen molar-refractivity contribution in [1.82, 2.24) is 19.1 Å². The molecule has 1 aliphatic rings. The number of benzene rings is 1. The van der Waals surface area contributed by atoms with Gasteiger partial charge in [0, 0.05) is 12.3 Å². The topological polar surface area (TPSA) is 99.9 Å². The Morgan fingerprint density at radius 1 is 1.15 bits per heavy atom. The Morgan fingerprint density at radius 2 is 1.91 bits per heavy atom. The van der Waals surface area contributed by atoms with Crippen LogP contribution in [0.1, 0.15) is 11.4 Å². The zero-order valence-corrected chi connectivity index (χ0v) is 17.6. The highest BCUT2D eigenvalue weighted by Crippen LogP contribution is 2.34. The molecule has 33 heavy (non-hydrogen) atoms. The normalized spacial score (nSPS) is 18.2. The van der Waals surface area contributed by atoms with Gasteiger partial charge in [0.1, 0.15) is 24.2 Å². The summed E-state index contributed by atoms with van der Waals surface area (Å²) in [5.74, 6) is -1.35. The Morgan fingerprint density at radius 3 is 2.55 bits per heavy atom. The molecule has 0 spiro atoms. The third-order valence-electron chi connectivity index (χ3n) is 4.83. The summed E-state index contributed by atoms with van der Waals surface area (Å²) in [6.07, 6.45) is -1.55. The number of ether oxygens (including phenoxy) is 2. The van der Waals surface area contributed by atoms with E-state index < -0.39 is 22.5 Å². The fraction of sp³-hybridized carbons (Fsp3) is 0.200. The molecule has 3 heterocycles. The second-order valence-corrected chi connectivity index (χ2v) is 7.16. The first kappa shape index (κ1) is 22.2. The number of alkyl halides is 3. The summed E-state index contributed by atoms with van der Waals surface area (Å²) in [5, 5.41) is 4.33. The number of methoxy groups -OCH3 is 1. The zero-order chi connectivity index (χ0) is 24.0. The number of aromatic nitrogens is 3. The van der Waals surface area contributed by atoms with Crippen molar-refractivity contribution >= 4 is 17.5 Å². The third kappa shape index (κ3) is 4.22. The molecule has 1 aliphatic heterocycles. The van der Waals surface area contributed by atoms with Crippen molar-refractivity contribution < 1.29 is 27.0 Å². The van der Waals surface area contributed by atoms with E-state index in [-0.39, 0.29) is 29.1 Å². The second kappa shape index (κ2) is 7.85. The van der Waals surface area contributed by atoms with Gasteiger partial charge in [-0.2, -0.15) is 0 Å². The van der Waals surface area contributed by atoms with Gasteiger partial charge in [-0.25, -0.2) is 14.4 Å². The molecular formula is C20H18F4N7O2+. The van der Waals surface area contributed by atoms with Gasteiger partial charge in [0.2, 0.25) is 17.4 Å². The van der Waals surface area contributed by atoms with E-state index in [1.807, 2.05) is 6.92 Å². The third-order valence-corrected chi connectivity index (χ3v) is 4.83. The highest BCUT2D eigenvalue weighted by molar-refractivity contribution is 6.11. The maximum Gasteiger partial charge on any atom is 0.573 e. The summed E-state index contributed by atoms with van der Waals surface area (Å²) in [6.45, 7) is 1.84. The number of hydrogen-bond acceptors (Lipinski definition) is 7. The maximum absolute atomic E-state index is 14.6. The van der Waals surface area contributed by atoms with E-state index in [2.05, 4.69) is 24.8 Å². The van der Waals surface area contributed by atoms with Crippen molar-refractivity contribution in [3.05, 3.63) is 60.1 Å². The Balaban J connectivity index is 1.74. The predicted octanol–water partition coefficient (Wildman–Crippen LogP) is 3.25. The summed E-state index contributed by atoms with van der Waals surface area (Å²) < 4.78 is 62.6. The molecular weight excluding hydrogens is 446 g/mol. The van der Waals surface area contributed by atoms with Gasteiger partial charge in [-0.1, -0.05) is 0 Å². The van der Waals surface area contributed by atoms with Gasteiger partial charge < -0.3 is 19.8 Å². The number of guanidine groups is 1. The SMILES string of the molecule is COc1nc(C2=N[N+](C)(c3cc(OC(F)(F)F)ccc3F)C(N)=N2)ccc1-n1cnc(C)c1. The summed E-state index contributed by atoms with van der Waals surface area (Å²) >= 11 is 0. The molecule has 0 bridgehead atoms. The van der Waals surface area contributed by atoms with E-state index >= 15 is 0 Å². The average molecular weight is 464 g/mol.